The minimum Gasteiger partial charge on any atom is -0.490 e. The van der Waals surface area contributed by atoms with Crippen LogP contribution in [0.4, 0.5) is 10.7 Å². The van der Waals surface area contributed by atoms with E-state index in [0.717, 1.165) is 36.2 Å². The number of thiophene rings is 1. The number of carbonyl (C=O) groups is 1. The summed E-state index contributed by atoms with van der Waals surface area (Å²) in [5.41, 5.74) is 2.71. The van der Waals surface area contributed by atoms with Crippen LogP contribution in [0.1, 0.15) is 66.1 Å². The van der Waals surface area contributed by atoms with Crippen molar-refractivity contribution in [2.45, 2.75) is 52.6 Å². The second-order valence-corrected chi connectivity index (χ2v) is 9.83. The molecular weight excluding hydrogens is 402 g/mol. The van der Waals surface area contributed by atoms with E-state index in [1.165, 1.54) is 23.6 Å². The lowest BCUT2D eigenvalue weighted by Crippen LogP contribution is -2.38. The number of anilines is 1. The van der Waals surface area contributed by atoms with Crippen molar-refractivity contribution in [1.29, 1.82) is 0 Å². The second-order valence-electron chi connectivity index (χ2n) is 8.73. The van der Waals surface area contributed by atoms with Gasteiger partial charge in [0.25, 0.3) is 5.91 Å². The van der Waals surface area contributed by atoms with Crippen molar-refractivity contribution >= 4 is 27.9 Å². The van der Waals surface area contributed by atoms with Gasteiger partial charge in [-0.15, -0.1) is 11.3 Å². The highest BCUT2D eigenvalue weighted by Crippen LogP contribution is 2.47. The molecule has 0 bridgehead atoms. The number of fused-ring (bicyclic) bond motifs is 3. The van der Waals surface area contributed by atoms with E-state index < -0.39 is 11.1 Å². The number of nitrogens with zero attached hydrogens (tertiary/aromatic N) is 1. The highest BCUT2D eigenvalue weighted by atomic mass is 32.1. The fraction of sp³-hybridized carbons (Fsp3) is 0.500. The summed E-state index contributed by atoms with van der Waals surface area (Å²) in [6.07, 6.45) is 3.63. The van der Waals surface area contributed by atoms with E-state index in [1.54, 1.807) is 23.5 Å². The first-order chi connectivity index (χ1) is 14.2. The molecule has 30 heavy (non-hydrogen) atoms. The number of hydrogen-bond acceptors (Lipinski definition) is 6. The lowest BCUT2D eigenvalue weighted by Gasteiger charge is -2.36. The Morgan fingerprint density at radius 1 is 1.33 bits per heavy atom. The van der Waals surface area contributed by atoms with E-state index in [0.29, 0.717) is 11.5 Å². The van der Waals surface area contributed by atoms with E-state index in [9.17, 15) is 14.9 Å². The topological polar surface area (TPSA) is 93.5 Å². The van der Waals surface area contributed by atoms with Crippen molar-refractivity contribution in [3.8, 4) is 5.75 Å². The Balaban J connectivity index is 1.64. The molecule has 2 atom stereocenters. The van der Waals surface area contributed by atoms with Crippen LogP contribution < -0.4 is 15.4 Å². The zero-order valence-electron chi connectivity index (χ0n) is 17.7. The zero-order valence-corrected chi connectivity index (χ0v) is 18.5. The summed E-state index contributed by atoms with van der Waals surface area (Å²) in [6, 6.07) is 4.75. The SMILES string of the molecule is CCC(C)(C)C1CCc2c(sc3c2C(=O)NC(c2ccc(OC)c([N+](=O)[O-])c2)N3)C1. The predicted molar refractivity (Wildman–Crippen MR) is 117 cm³/mol. The van der Waals surface area contributed by atoms with Crippen molar-refractivity contribution in [2.75, 3.05) is 12.4 Å². The summed E-state index contributed by atoms with van der Waals surface area (Å²) in [4.78, 5) is 25.2. The molecule has 2 N–H and O–H groups in total. The Morgan fingerprint density at radius 2 is 2.10 bits per heavy atom. The Labute approximate surface area is 180 Å². The fourth-order valence-electron chi connectivity index (χ4n) is 4.45. The van der Waals surface area contributed by atoms with Gasteiger partial charge in [-0.3, -0.25) is 14.9 Å². The standard InChI is InChI=1S/C22H27N3O4S/c1-5-22(2,3)13-7-8-14-17(11-13)30-21-18(14)20(26)23-19(24-21)12-6-9-16(29-4)15(10-12)25(27)28/h6,9-10,13,19,24H,5,7-8,11H2,1-4H3,(H,23,26). The quantitative estimate of drug-likeness (QED) is 0.512. The number of nitro benzene ring substituents is 1. The number of nitrogens with one attached hydrogen (secondary N) is 2. The number of carbonyl (C=O) groups excluding carboxylic acids is 1. The molecule has 7 nitrogen and oxygen atoms in total. The molecule has 1 aliphatic carbocycles. The van der Waals surface area contributed by atoms with Crippen LogP contribution in [0.15, 0.2) is 18.2 Å². The van der Waals surface area contributed by atoms with Crippen LogP contribution in [0.5, 0.6) is 5.75 Å². The number of nitro groups is 1. The molecule has 8 heteroatoms. The third-order valence-corrected chi connectivity index (χ3v) is 7.98. The summed E-state index contributed by atoms with van der Waals surface area (Å²) < 4.78 is 5.08. The average molecular weight is 430 g/mol. The molecule has 160 valence electrons. The maximum absolute atomic E-state index is 13.0. The molecule has 0 fully saturated rings. The van der Waals surface area contributed by atoms with Crippen LogP contribution in [-0.4, -0.2) is 17.9 Å². The van der Waals surface area contributed by atoms with Gasteiger partial charge in [-0.1, -0.05) is 33.3 Å². The lowest BCUT2D eigenvalue weighted by atomic mass is 9.69. The van der Waals surface area contributed by atoms with Crippen LogP contribution in [0, 0.1) is 21.4 Å². The molecule has 1 aromatic carbocycles. The van der Waals surface area contributed by atoms with E-state index in [2.05, 4.69) is 31.4 Å². The molecule has 0 radical (unpaired) electrons. The molecule has 1 aromatic heterocycles. The van der Waals surface area contributed by atoms with Gasteiger partial charge in [0.15, 0.2) is 5.75 Å². The summed E-state index contributed by atoms with van der Waals surface area (Å²) in [5, 5.41) is 18.6. The van der Waals surface area contributed by atoms with Crippen LogP contribution in [0.2, 0.25) is 0 Å². The van der Waals surface area contributed by atoms with Gasteiger partial charge < -0.3 is 15.4 Å². The van der Waals surface area contributed by atoms with Gasteiger partial charge in [-0.05, 0) is 42.2 Å². The van der Waals surface area contributed by atoms with E-state index >= 15 is 0 Å². The van der Waals surface area contributed by atoms with Gasteiger partial charge in [0.1, 0.15) is 11.2 Å². The van der Waals surface area contributed by atoms with Crippen LogP contribution in [0.3, 0.4) is 0 Å². The van der Waals surface area contributed by atoms with Crippen molar-refractivity contribution < 1.29 is 14.5 Å². The maximum atomic E-state index is 13.0. The first-order valence-electron chi connectivity index (χ1n) is 10.3. The third-order valence-electron chi connectivity index (χ3n) is 6.79. The van der Waals surface area contributed by atoms with Gasteiger partial charge >= 0.3 is 5.69 Å². The molecule has 1 aliphatic heterocycles. The first kappa shape index (κ1) is 20.7. The minimum atomic E-state index is -0.516. The van der Waals surface area contributed by atoms with E-state index in [-0.39, 0.29) is 22.8 Å². The molecular formula is C22H27N3O4S. The molecule has 2 aliphatic rings. The van der Waals surface area contributed by atoms with Crippen LogP contribution in [-0.2, 0) is 12.8 Å². The molecule has 0 spiro atoms. The van der Waals surface area contributed by atoms with Crippen LogP contribution >= 0.6 is 11.3 Å². The Hall–Kier alpha value is -2.61. The second kappa shape index (κ2) is 7.58. The fourth-order valence-corrected chi connectivity index (χ4v) is 5.80. The summed E-state index contributed by atoms with van der Waals surface area (Å²) in [7, 11) is 1.40. The third kappa shape index (κ3) is 3.43. The van der Waals surface area contributed by atoms with Gasteiger partial charge in [0, 0.05) is 16.5 Å². The Bertz CT molecular complexity index is 1010. The number of rotatable bonds is 5. The molecule has 2 heterocycles. The average Bonchev–Trinajstić information content (AvgIpc) is 3.11. The van der Waals surface area contributed by atoms with Gasteiger partial charge in [-0.2, -0.15) is 0 Å². The zero-order chi connectivity index (χ0) is 21.6. The monoisotopic (exact) mass is 429 g/mol. The van der Waals surface area contributed by atoms with Crippen molar-refractivity contribution in [3.63, 3.8) is 0 Å². The number of amides is 1. The molecule has 0 saturated heterocycles. The van der Waals surface area contributed by atoms with Crippen molar-refractivity contribution in [3.05, 3.63) is 49.9 Å². The number of benzene rings is 1. The largest absolute Gasteiger partial charge is 0.490 e. The smallest absolute Gasteiger partial charge is 0.311 e. The molecule has 2 unspecified atom stereocenters. The Kier molecular flexibility index (Phi) is 5.22. The normalized spacial score (nSPS) is 20.6. The summed E-state index contributed by atoms with van der Waals surface area (Å²) in [6.45, 7) is 6.89. The summed E-state index contributed by atoms with van der Waals surface area (Å²) in [5.74, 6) is 0.693. The molecule has 2 aromatic rings. The lowest BCUT2D eigenvalue weighted by molar-refractivity contribution is -0.385. The Morgan fingerprint density at radius 3 is 2.77 bits per heavy atom. The van der Waals surface area contributed by atoms with Gasteiger partial charge in [0.2, 0.25) is 0 Å². The minimum absolute atomic E-state index is 0.113. The maximum Gasteiger partial charge on any atom is 0.311 e. The molecule has 1 amide bonds. The number of hydrogen-bond donors (Lipinski definition) is 2. The first-order valence-corrected chi connectivity index (χ1v) is 11.1. The van der Waals surface area contributed by atoms with Gasteiger partial charge in [-0.25, -0.2) is 0 Å². The number of methoxy groups -OCH3 is 1. The molecule has 0 saturated carbocycles. The highest BCUT2D eigenvalue weighted by Gasteiger charge is 2.37. The predicted octanol–water partition coefficient (Wildman–Crippen LogP) is 5.06. The highest BCUT2D eigenvalue weighted by molar-refractivity contribution is 7.16. The van der Waals surface area contributed by atoms with Gasteiger partial charge in [0.05, 0.1) is 17.6 Å². The van der Waals surface area contributed by atoms with Crippen LogP contribution in [0.25, 0.3) is 0 Å². The number of ether oxygens (including phenoxy) is 1. The van der Waals surface area contributed by atoms with E-state index in [1.807, 2.05) is 0 Å². The van der Waals surface area contributed by atoms with Crippen molar-refractivity contribution in [2.24, 2.45) is 11.3 Å². The summed E-state index contributed by atoms with van der Waals surface area (Å²) >= 11 is 1.66. The van der Waals surface area contributed by atoms with E-state index in [4.69, 9.17) is 4.74 Å². The van der Waals surface area contributed by atoms with Crippen molar-refractivity contribution in [1.82, 2.24) is 5.32 Å². The molecule has 4 rings (SSSR count).